The number of ketones is 1. The maximum Gasteiger partial charge on any atom is 0.411 e. The number of ether oxygens (including phenoxy) is 1. The molecule has 0 atom stereocenters. The number of nitrogens with one attached hydrogen (secondary N) is 1. The minimum atomic E-state index is -4.40. The number of alkyl halides is 3. The molecule has 0 bridgehead atoms. The molecule has 1 aliphatic carbocycles. The lowest BCUT2D eigenvalue weighted by Gasteiger charge is -2.19. The second-order valence-corrected chi connectivity index (χ2v) is 5.68. The number of thiazole rings is 1. The number of nitrogens with zero attached hydrogens (tertiary/aromatic N) is 1. The van der Waals surface area contributed by atoms with E-state index in [1.165, 1.54) is 6.92 Å². The Morgan fingerprint density at radius 2 is 2.05 bits per heavy atom. The molecule has 1 saturated carbocycles. The molecule has 1 heterocycles. The first-order chi connectivity index (χ1) is 9.70. The molecule has 2 rings (SSSR count). The van der Waals surface area contributed by atoms with Gasteiger partial charge in [0, 0.05) is 6.92 Å². The average molecular weight is 322 g/mol. The topological polar surface area (TPSA) is 68.3 Å². The van der Waals surface area contributed by atoms with Crippen LogP contribution in [-0.4, -0.2) is 35.1 Å². The smallest absolute Gasteiger partial charge is 0.411 e. The molecule has 9 heteroatoms. The molecular weight excluding hydrogens is 309 g/mol. The molecule has 5 nitrogen and oxygen atoms in total. The minimum absolute atomic E-state index is 0.00563. The van der Waals surface area contributed by atoms with Crippen LogP contribution in [0.25, 0.3) is 0 Å². The second-order valence-electron chi connectivity index (χ2n) is 4.68. The lowest BCUT2D eigenvalue weighted by molar-refractivity contribution is -0.151. The van der Waals surface area contributed by atoms with E-state index in [1.807, 2.05) is 0 Å². The lowest BCUT2D eigenvalue weighted by Crippen LogP contribution is -2.38. The van der Waals surface area contributed by atoms with Gasteiger partial charge >= 0.3 is 12.1 Å². The minimum Gasteiger partial charge on any atom is -0.461 e. The van der Waals surface area contributed by atoms with Crippen LogP contribution in [0.4, 0.5) is 18.3 Å². The van der Waals surface area contributed by atoms with E-state index in [1.54, 1.807) is 6.92 Å². The van der Waals surface area contributed by atoms with Crippen LogP contribution in [0.3, 0.4) is 0 Å². The summed E-state index contributed by atoms with van der Waals surface area (Å²) < 4.78 is 43.4. The summed E-state index contributed by atoms with van der Waals surface area (Å²) in [4.78, 5) is 27.0. The largest absolute Gasteiger partial charge is 0.461 e. The highest BCUT2D eigenvalue weighted by Gasteiger charge is 2.64. The Hall–Kier alpha value is -1.64. The van der Waals surface area contributed by atoms with Crippen molar-refractivity contribution in [2.75, 3.05) is 11.9 Å². The van der Waals surface area contributed by atoms with E-state index in [-0.39, 0.29) is 35.2 Å². The van der Waals surface area contributed by atoms with E-state index in [0.717, 1.165) is 11.3 Å². The van der Waals surface area contributed by atoms with Crippen LogP contribution in [0.15, 0.2) is 0 Å². The summed E-state index contributed by atoms with van der Waals surface area (Å²) in [5.74, 6) is -1.26. The fraction of sp³-hybridized carbons (Fsp3) is 0.583. The van der Waals surface area contributed by atoms with Crippen LogP contribution in [0.2, 0.25) is 0 Å². The zero-order chi connectivity index (χ0) is 15.8. The highest BCUT2D eigenvalue weighted by atomic mass is 32.1. The Morgan fingerprint density at radius 3 is 2.48 bits per heavy atom. The monoisotopic (exact) mass is 322 g/mol. The highest BCUT2D eigenvalue weighted by molar-refractivity contribution is 7.17. The first-order valence-electron chi connectivity index (χ1n) is 6.24. The van der Waals surface area contributed by atoms with E-state index in [4.69, 9.17) is 4.74 Å². The summed E-state index contributed by atoms with van der Waals surface area (Å²) in [6, 6.07) is 0. The third-order valence-corrected chi connectivity index (χ3v) is 4.13. The van der Waals surface area contributed by atoms with Crippen molar-refractivity contribution in [3.63, 3.8) is 0 Å². The number of anilines is 1. The number of hydrogen-bond acceptors (Lipinski definition) is 6. The maximum absolute atomic E-state index is 12.9. The van der Waals surface area contributed by atoms with Gasteiger partial charge in [0.15, 0.2) is 16.6 Å². The molecular formula is C12H13F3N2O3S. The van der Waals surface area contributed by atoms with Crippen LogP contribution in [0.5, 0.6) is 0 Å². The molecule has 0 spiro atoms. The Morgan fingerprint density at radius 1 is 1.43 bits per heavy atom. The molecule has 1 aromatic heterocycles. The van der Waals surface area contributed by atoms with Crippen LogP contribution in [0.1, 0.15) is 46.8 Å². The number of carbonyl (C=O) groups is 2. The van der Waals surface area contributed by atoms with E-state index in [9.17, 15) is 22.8 Å². The van der Waals surface area contributed by atoms with E-state index >= 15 is 0 Å². The van der Waals surface area contributed by atoms with Gasteiger partial charge in [-0.2, -0.15) is 13.2 Å². The van der Waals surface area contributed by atoms with Gasteiger partial charge < -0.3 is 10.1 Å². The molecule has 1 aliphatic rings. The fourth-order valence-corrected chi connectivity index (χ4v) is 2.71. The van der Waals surface area contributed by atoms with Crippen molar-refractivity contribution in [3.8, 4) is 0 Å². The van der Waals surface area contributed by atoms with Gasteiger partial charge in [0.2, 0.25) is 0 Å². The van der Waals surface area contributed by atoms with Gasteiger partial charge in [0.1, 0.15) is 10.4 Å². The zero-order valence-corrected chi connectivity index (χ0v) is 12.2. The number of Topliss-reactive ketones (excluding diaryl/α,β-unsaturated/α-hetero) is 1. The normalized spacial score (nSPS) is 16.4. The van der Waals surface area contributed by atoms with E-state index in [0.29, 0.717) is 0 Å². The summed E-state index contributed by atoms with van der Waals surface area (Å²) in [5.41, 5.74) is -2.24. The third-order valence-electron chi connectivity index (χ3n) is 3.05. The van der Waals surface area contributed by atoms with Crippen molar-refractivity contribution in [1.29, 1.82) is 0 Å². The Kier molecular flexibility index (Phi) is 3.96. The molecule has 1 aromatic rings. The fourth-order valence-electron chi connectivity index (χ4n) is 1.76. The molecule has 116 valence electrons. The summed E-state index contributed by atoms with van der Waals surface area (Å²) in [7, 11) is 0. The number of rotatable bonds is 5. The zero-order valence-electron chi connectivity index (χ0n) is 11.3. The van der Waals surface area contributed by atoms with Gasteiger partial charge in [0.25, 0.3) is 0 Å². The van der Waals surface area contributed by atoms with Crippen LogP contribution in [-0.2, 0) is 4.74 Å². The molecule has 0 unspecified atom stereocenters. The predicted molar refractivity (Wildman–Crippen MR) is 69.7 cm³/mol. The third kappa shape index (κ3) is 3.02. The van der Waals surface area contributed by atoms with Crippen molar-refractivity contribution >= 4 is 28.2 Å². The lowest BCUT2D eigenvalue weighted by atomic mass is 10.3. The summed E-state index contributed by atoms with van der Waals surface area (Å²) in [6.45, 7) is 2.89. The van der Waals surface area contributed by atoms with Crippen molar-refractivity contribution in [3.05, 3.63) is 10.6 Å². The van der Waals surface area contributed by atoms with Gasteiger partial charge in [-0.05, 0) is 19.8 Å². The molecule has 21 heavy (non-hydrogen) atoms. The summed E-state index contributed by atoms with van der Waals surface area (Å²) in [5, 5.41) is 2.21. The van der Waals surface area contributed by atoms with Gasteiger partial charge in [-0.15, -0.1) is 0 Å². The Balaban J connectivity index is 2.28. The van der Waals surface area contributed by atoms with Gasteiger partial charge in [-0.1, -0.05) is 11.3 Å². The number of esters is 1. The van der Waals surface area contributed by atoms with Crippen LogP contribution >= 0.6 is 11.3 Å². The van der Waals surface area contributed by atoms with Crippen LogP contribution in [0, 0.1) is 0 Å². The van der Waals surface area contributed by atoms with Gasteiger partial charge in [-0.25, -0.2) is 9.78 Å². The highest BCUT2D eigenvalue weighted by Crippen LogP contribution is 2.51. The van der Waals surface area contributed by atoms with Crippen molar-refractivity contribution < 1.29 is 27.5 Å². The average Bonchev–Trinajstić information content (AvgIpc) is 3.01. The molecule has 1 N–H and O–H groups in total. The maximum atomic E-state index is 12.9. The van der Waals surface area contributed by atoms with Crippen molar-refractivity contribution in [1.82, 2.24) is 4.98 Å². The molecule has 0 saturated heterocycles. The summed E-state index contributed by atoms with van der Waals surface area (Å²) >= 11 is 0.732. The number of hydrogen-bond donors (Lipinski definition) is 1. The van der Waals surface area contributed by atoms with E-state index < -0.39 is 23.5 Å². The standard InChI is InChI=1S/C12H13F3N2O3S/c1-3-20-9(19)7-8(6(2)18)21-10(16-7)17-11(4-5-11)12(13,14)15/h3-5H2,1-2H3,(H,16,17). The Labute approximate surface area is 122 Å². The first kappa shape index (κ1) is 15.7. The molecule has 0 amide bonds. The quantitative estimate of drug-likeness (QED) is 0.666. The predicted octanol–water partition coefficient (Wildman–Crippen LogP) is 3.03. The molecule has 0 radical (unpaired) electrons. The molecule has 1 fully saturated rings. The van der Waals surface area contributed by atoms with Gasteiger partial charge in [0.05, 0.1) is 6.61 Å². The molecule has 0 aromatic carbocycles. The van der Waals surface area contributed by atoms with Crippen molar-refractivity contribution in [2.24, 2.45) is 0 Å². The number of aromatic nitrogens is 1. The first-order valence-corrected chi connectivity index (χ1v) is 7.05. The SMILES string of the molecule is CCOC(=O)c1nc(NC2(C(F)(F)F)CC2)sc1C(C)=O. The number of carbonyl (C=O) groups excluding carboxylic acids is 2. The Bertz CT molecular complexity index is 579. The van der Waals surface area contributed by atoms with Crippen LogP contribution < -0.4 is 5.32 Å². The van der Waals surface area contributed by atoms with Crippen molar-refractivity contribution in [2.45, 2.75) is 38.4 Å². The summed E-state index contributed by atoms with van der Waals surface area (Å²) in [6.07, 6.45) is -4.51. The molecule has 0 aliphatic heterocycles. The second kappa shape index (κ2) is 5.28. The van der Waals surface area contributed by atoms with Gasteiger partial charge in [-0.3, -0.25) is 4.79 Å². The number of halogens is 3. The van der Waals surface area contributed by atoms with E-state index in [2.05, 4.69) is 10.3 Å².